The van der Waals surface area contributed by atoms with E-state index in [1.165, 1.54) is 12.1 Å². The summed E-state index contributed by atoms with van der Waals surface area (Å²) in [4.78, 5) is 21.8. The number of carbonyl (C=O) groups excluding carboxylic acids is 1. The maximum absolute atomic E-state index is 13.2. The molecule has 2 aromatic heterocycles. The minimum Gasteiger partial charge on any atom is -0.356 e. The summed E-state index contributed by atoms with van der Waals surface area (Å²) in [5.41, 5.74) is 1.67. The van der Waals surface area contributed by atoms with Crippen molar-refractivity contribution in [3.05, 3.63) is 66.2 Å². The lowest BCUT2D eigenvalue weighted by Crippen LogP contribution is -2.50. The summed E-state index contributed by atoms with van der Waals surface area (Å²) < 4.78 is 18.7. The normalized spacial score (nSPS) is 21.0. The Morgan fingerprint density at radius 3 is 2.68 bits per heavy atom. The van der Waals surface area contributed by atoms with Crippen LogP contribution in [0.5, 0.6) is 0 Å². The van der Waals surface area contributed by atoms with Crippen molar-refractivity contribution in [3.63, 3.8) is 0 Å². The van der Waals surface area contributed by atoms with E-state index in [4.69, 9.17) is 4.52 Å². The molecule has 1 amide bonds. The van der Waals surface area contributed by atoms with Crippen molar-refractivity contribution in [2.24, 2.45) is 11.8 Å². The van der Waals surface area contributed by atoms with Crippen molar-refractivity contribution in [1.82, 2.24) is 20.4 Å². The maximum atomic E-state index is 13.2. The summed E-state index contributed by atoms with van der Waals surface area (Å²) in [6.45, 7) is 4.88. The standard InChI is InChI=1S/C26H30FN5O2/c27-22-6-4-19(5-7-22)24-17-23(30-34-24)15-21-18-28-10-8-20(21)16-26(33)32-13-11-31(12-14-32)25-3-1-2-9-29-25/h1-7,9,17,20-21,28H,8,10-16,18H2. The molecule has 8 heteroatoms. The number of hydrogen-bond donors (Lipinski definition) is 1. The molecule has 1 N–H and O–H groups in total. The predicted molar refractivity (Wildman–Crippen MR) is 128 cm³/mol. The van der Waals surface area contributed by atoms with Crippen LogP contribution in [-0.4, -0.2) is 60.2 Å². The van der Waals surface area contributed by atoms with Gasteiger partial charge in [-0.15, -0.1) is 0 Å². The minimum atomic E-state index is -0.276. The first kappa shape index (κ1) is 22.5. The van der Waals surface area contributed by atoms with Crippen LogP contribution in [0.1, 0.15) is 18.5 Å². The molecule has 34 heavy (non-hydrogen) atoms. The summed E-state index contributed by atoms with van der Waals surface area (Å²) >= 11 is 0. The van der Waals surface area contributed by atoms with E-state index < -0.39 is 0 Å². The molecule has 0 radical (unpaired) electrons. The molecule has 7 nitrogen and oxygen atoms in total. The Hall–Kier alpha value is -3.26. The third kappa shape index (κ3) is 5.28. The zero-order valence-electron chi connectivity index (χ0n) is 19.2. The lowest BCUT2D eigenvalue weighted by molar-refractivity contribution is -0.133. The van der Waals surface area contributed by atoms with Gasteiger partial charge in [0.15, 0.2) is 5.76 Å². The number of piperidine rings is 1. The van der Waals surface area contributed by atoms with Gasteiger partial charge in [-0.1, -0.05) is 11.2 Å². The van der Waals surface area contributed by atoms with E-state index >= 15 is 0 Å². The van der Waals surface area contributed by atoms with Crippen molar-refractivity contribution < 1.29 is 13.7 Å². The number of piperazine rings is 1. The molecule has 0 bridgehead atoms. The van der Waals surface area contributed by atoms with Gasteiger partial charge in [-0.25, -0.2) is 9.37 Å². The topological polar surface area (TPSA) is 74.5 Å². The molecular weight excluding hydrogens is 433 g/mol. The van der Waals surface area contributed by atoms with Gasteiger partial charge in [-0.05, 0) is 74.2 Å². The second-order valence-corrected chi connectivity index (χ2v) is 9.17. The van der Waals surface area contributed by atoms with Crippen molar-refractivity contribution in [3.8, 4) is 11.3 Å². The lowest BCUT2D eigenvalue weighted by Gasteiger charge is -2.37. The molecule has 2 saturated heterocycles. The van der Waals surface area contributed by atoms with Crippen LogP contribution in [0.25, 0.3) is 11.3 Å². The molecule has 1 aromatic carbocycles. The van der Waals surface area contributed by atoms with Crippen LogP contribution in [0.3, 0.4) is 0 Å². The summed E-state index contributed by atoms with van der Waals surface area (Å²) in [6.07, 6.45) is 4.11. The van der Waals surface area contributed by atoms with Crippen molar-refractivity contribution in [2.75, 3.05) is 44.2 Å². The monoisotopic (exact) mass is 463 g/mol. The first-order chi connectivity index (χ1) is 16.7. The fraction of sp³-hybridized carbons (Fsp3) is 0.423. The lowest BCUT2D eigenvalue weighted by atomic mass is 9.81. The molecule has 2 fully saturated rings. The van der Waals surface area contributed by atoms with E-state index in [-0.39, 0.29) is 11.7 Å². The zero-order valence-corrected chi connectivity index (χ0v) is 19.2. The smallest absolute Gasteiger partial charge is 0.222 e. The zero-order chi connectivity index (χ0) is 23.3. The Morgan fingerprint density at radius 1 is 1.09 bits per heavy atom. The second-order valence-electron chi connectivity index (χ2n) is 9.17. The van der Waals surface area contributed by atoms with Crippen molar-refractivity contribution in [1.29, 1.82) is 0 Å². The third-order valence-electron chi connectivity index (χ3n) is 6.97. The highest BCUT2D eigenvalue weighted by molar-refractivity contribution is 5.76. The minimum absolute atomic E-state index is 0.240. The Balaban J connectivity index is 1.17. The number of pyridine rings is 1. The number of anilines is 1. The molecule has 3 aromatic rings. The van der Waals surface area contributed by atoms with Crippen LogP contribution in [0.2, 0.25) is 0 Å². The fourth-order valence-electron chi connectivity index (χ4n) is 4.99. The number of rotatable bonds is 6. The van der Waals surface area contributed by atoms with E-state index in [1.54, 1.807) is 12.1 Å². The molecule has 178 valence electrons. The quantitative estimate of drug-likeness (QED) is 0.604. The molecule has 4 heterocycles. The van der Waals surface area contributed by atoms with Gasteiger partial charge >= 0.3 is 0 Å². The molecule has 2 aliphatic rings. The predicted octanol–water partition coefficient (Wildman–Crippen LogP) is 3.38. The van der Waals surface area contributed by atoms with Crippen LogP contribution in [-0.2, 0) is 11.2 Å². The van der Waals surface area contributed by atoms with Crippen LogP contribution >= 0.6 is 0 Å². The summed E-state index contributed by atoms with van der Waals surface area (Å²) in [5, 5.41) is 7.71. The highest BCUT2D eigenvalue weighted by atomic mass is 19.1. The molecule has 5 rings (SSSR count). The van der Waals surface area contributed by atoms with E-state index in [1.807, 2.05) is 35.4 Å². The SMILES string of the molecule is O=C(CC1CCNCC1Cc1cc(-c2ccc(F)cc2)on1)N1CCN(c2ccccn2)CC1. The highest BCUT2D eigenvalue weighted by Crippen LogP contribution is 2.29. The van der Waals surface area contributed by atoms with Crippen molar-refractivity contribution >= 4 is 11.7 Å². The van der Waals surface area contributed by atoms with Gasteiger partial charge in [0, 0.05) is 50.4 Å². The summed E-state index contributed by atoms with van der Waals surface area (Å²) in [7, 11) is 0. The van der Waals surface area contributed by atoms with Gasteiger partial charge in [-0.3, -0.25) is 4.79 Å². The Morgan fingerprint density at radius 2 is 1.91 bits per heavy atom. The van der Waals surface area contributed by atoms with Crippen molar-refractivity contribution in [2.45, 2.75) is 19.3 Å². The van der Waals surface area contributed by atoms with Gasteiger partial charge in [-0.2, -0.15) is 0 Å². The number of carbonyl (C=O) groups is 1. The molecule has 2 unspecified atom stereocenters. The molecule has 0 spiro atoms. The average Bonchev–Trinajstić information content (AvgIpc) is 3.35. The number of nitrogens with zero attached hydrogens (tertiary/aromatic N) is 4. The Kier molecular flexibility index (Phi) is 6.85. The molecule has 0 saturated carbocycles. The average molecular weight is 464 g/mol. The fourth-order valence-corrected chi connectivity index (χ4v) is 4.99. The van der Waals surface area contributed by atoms with Crippen LogP contribution in [0.15, 0.2) is 59.3 Å². The summed E-state index contributed by atoms with van der Waals surface area (Å²) in [6, 6.07) is 14.1. The van der Waals surface area contributed by atoms with Crippen LogP contribution in [0, 0.1) is 17.7 Å². The highest BCUT2D eigenvalue weighted by Gasteiger charge is 2.31. The number of halogens is 1. The second kappa shape index (κ2) is 10.3. The first-order valence-corrected chi connectivity index (χ1v) is 12.0. The van der Waals surface area contributed by atoms with Crippen LogP contribution < -0.4 is 10.2 Å². The van der Waals surface area contributed by atoms with Crippen LogP contribution in [0.4, 0.5) is 10.2 Å². The Bertz CT molecular complexity index is 1080. The molecule has 2 aliphatic heterocycles. The Labute approximate surface area is 198 Å². The number of aromatic nitrogens is 2. The number of amides is 1. The third-order valence-corrected chi connectivity index (χ3v) is 6.97. The number of hydrogen-bond acceptors (Lipinski definition) is 6. The molecular formula is C26H30FN5O2. The van der Waals surface area contributed by atoms with Gasteiger partial charge in [0.1, 0.15) is 11.6 Å². The van der Waals surface area contributed by atoms with Gasteiger partial charge in [0.25, 0.3) is 0 Å². The van der Waals surface area contributed by atoms with E-state index in [2.05, 4.69) is 20.4 Å². The first-order valence-electron chi connectivity index (χ1n) is 12.0. The van der Waals surface area contributed by atoms with Gasteiger partial charge in [0.05, 0.1) is 5.69 Å². The van der Waals surface area contributed by atoms with E-state index in [0.29, 0.717) is 24.0 Å². The van der Waals surface area contributed by atoms with Gasteiger partial charge in [0.2, 0.25) is 5.91 Å². The molecule has 2 atom stereocenters. The maximum Gasteiger partial charge on any atom is 0.222 e. The van der Waals surface area contributed by atoms with E-state index in [0.717, 1.165) is 69.2 Å². The number of benzene rings is 1. The van der Waals surface area contributed by atoms with Gasteiger partial charge < -0.3 is 19.6 Å². The van der Waals surface area contributed by atoms with E-state index in [9.17, 15) is 9.18 Å². The largest absolute Gasteiger partial charge is 0.356 e. The molecule has 0 aliphatic carbocycles. The number of nitrogens with one attached hydrogen (secondary N) is 1. The summed E-state index contributed by atoms with van der Waals surface area (Å²) in [5.74, 6) is 2.21.